The molecule has 0 fully saturated rings. The number of anilines is 2. The third-order valence-electron chi connectivity index (χ3n) is 4.29. The summed E-state index contributed by atoms with van der Waals surface area (Å²) >= 11 is 1.05. The zero-order chi connectivity index (χ0) is 24.2. The van der Waals surface area contributed by atoms with E-state index in [-0.39, 0.29) is 23.5 Å². The molecule has 0 aliphatic heterocycles. The van der Waals surface area contributed by atoms with E-state index in [0.717, 1.165) is 28.4 Å². The monoisotopic (exact) mass is 478 g/mol. The Kier molecular flexibility index (Phi) is 7.37. The third-order valence-corrected chi connectivity index (χ3v) is 5.17. The number of esters is 1. The number of halogens is 3. The molecular formula is C23H21F3N2O4S. The number of hydrogen-bond acceptors (Lipinski definition) is 6. The summed E-state index contributed by atoms with van der Waals surface area (Å²) in [6.45, 7) is 4.86. The molecule has 0 spiro atoms. The van der Waals surface area contributed by atoms with Gasteiger partial charge in [-0.15, -0.1) is 11.3 Å². The number of aromatic nitrogens is 1. The first-order chi connectivity index (χ1) is 15.5. The van der Waals surface area contributed by atoms with E-state index in [1.807, 2.05) is 13.8 Å². The Hall–Kier alpha value is -3.40. The molecule has 33 heavy (non-hydrogen) atoms. The van der Waals surface area contributed by atoms with Gasteiger partial charge < -0.3 is 9.47 Å². The predicted molar refractivity (Wildman–Crippen MR) is 118 cm³/mol. The first kappa shape index (κ1) is 24.2. The Bertz CT molecular complexity index is 1130. The summed E-state index contributed by atoms with van der Waals surface area (Å²) in [5.74, 6) is -0.442. The lowest BCUT2D eigenvalue weighted by atomic mass is 10.2. The van der Waals surface area contributed by atoms with Crippen LogP contribution in [0, 0.1) is 0 Å². The molecule has 2 aromatic carbocycles. The van der Waals surface area contributed by atoms with E-state index in [9.17, 15) is 22.8 Å². The fourth-order valence-electron chi connectivity index (χ4n) is 2.88. The van der Waals surface area contributed by atoms with Crippen LogP contribution in [0.25, 0.3) is 0 Å². The van der Waals surface area contributed by atoms with Crippen molar-refractivity contribution in [3.63, 3.8) is 0 Å². The molecule has 6 nitrogen and oxygen atoms in total. The lowest BCUT2D eigenvalue weighted by Gasteiger charge is -2.19. The van der Waals surface area contributed by atoms with Gasteiger partial charge in [0.2, 0.25) is 5.91 Å². The molecule has 0 radical (unpaired) electrons. The molecule has 1 heterocycles. The summed E-state index contributed by atoms with van der Waals surface area (Å²) in [7, 11) is 0. The minimum atomic E-state index is -4.54. The molecule has 1 amide bonds. The standard InChI is InChI=1S/C23H21F3N2O4S/c1-14(2)32-20-9-7-16(8-10-20)21(30)31-12-18-13-33-22(27-18)28(15(3)29)19-6-4-5-17(11-19)23(24,25)26/h4-11,13-14H,12H2,1-3H3. The van der Waals surface area contributed by atoms with Gasteiger partial charge in [-0.25, -0.2) is 9.78 Å². The van der Waals surface area contributed by atoms with Crippen molar-refractivity contribution in [1.29, 1.82) is 0 Å². The summed E-state index contributed by atoms with van der Waals surface area (Å²) in [5.41, 5.74) is -0.141. The molecule has 0 saturated heterocycles. The molecule has 0 aliphatic carbocycles. The van der Waals surface area contributed by atoms with E-state index < -0.39 is 23.6 Å². The molecule has 0 saturated carbocycles. The van der Waals surface area contributed by atoms with E-state index in [1.54, 1.807) is 29.6 Å². The second-order valence-electron chi connectivity index (χ2n) is 7.29. The Balaban J connectivity index is 1.70. The van der Waals surface area contributed by atoms with Crippen LogP contribution >= 0.6 is 11.3 Å². The highest BCUT2D eigenvalue weighted by atomic mass is 32.1. The van der Waals surface area contributed by atoms with E-state index in [2.05, 4.69) is 4.98 Å². The Morgan fingerprint density at radius 3 is 2.42 bits per heavy atom. The van der Waals surface area contributed by atoms with Crippen LogP contribution in [-0.4, -0.2) is 23.0 Å². The molecule has 0 unspecified atom stereocenters. The van der Waals surface area contributed by atoms with Gasteiger partial charge in [0.25, 0.3) is 0 Å². The smallest absolute Gasteiger partial charge is 0.416 e. The predicted octanol–water partition coefficient (Wildman–Crippen LogP) is 5.99. The van der Waals surface area contributed by atoms with Crippen LogP contribution in [0.1, 0.15) is 42.4 Å². The van der Waals surface area contributed by atoms with Crippen LogP contribution in [-0.2, 0) is 22.3 Å². The summed E-state index contributed by atoms with van der Waals surface area (Å²) < 4.78 is 50.0. The van der Waals surface area contributed by atoms with Crippen LogP contribution in [0.15, 0.2) is 53.9 Å². The number of rotatable bonds is 7. The van der Waals surface area contributed by atoms with Gasteiger partial charge in [0.15, 0.2) is 5.13 Å². The SMILES string of the molecule is CC(=O)N(c1cccc(C(F)(F)F)c1)c1nc(COC(=O)c2ccc(OC(C)C)cc2)cs1. The lowest BCUT2D eigenvalue weighted by molar-refractivity contribution is -0.137. The number of hydrogen-bond donors (Lipinski definition) is 0. The van der Waals surface area contributed by atoms with Crippen LogP contribution in [0.3, 0.4) is 0 Å². The van der Waals surface area contributed by atoms with Gasteiger partial charge in [0.1, 0.15) is 12.4 Å². The normalized spacial score (nSPS) is 11.4. The number of amides is 1. The van der Waals surface area contributed by atoms with Crippen molar-refractivity contribution in [3.05, 3.63) is 70.7 Å². The third kappa shape index (κ3) is 6.32. The van der Waals surface area contributed by atoms with Gasteiger partial charge >= 0.3 is 12.1 Å². The molecule has 0 aliphatic rings. The van der Waals surface area contributed by atoms with Crippen molar-refractivity contribution < 1.29 is 32.2 Å². The fraction of sp³-hybridized carbons (Fsp3) is 0.261. The second-order valence-corrected chi connectivity index (χ2v) is 8.13. The van der Waals surface area contributed by atoms with Crippen LogP contribution in [0.4, 0.5) is 24.0 Å². The molecule has 0 bridgehead atoms. The maximum atomic E-state index is 13.1. The quantitative estimate of drug-likeness (QED) is 0.390. The van der Waals surface area contributed by atoms with Crippen molar-refractivity contribution in [3.8, 4) is 5.75 Å². The van der Waals surface area contributed by atoms with Crippen molar-refractivity contribution in [2.45, 2.75) is 39.7 Å². The molecular weight excluding hydrogens is 457 g/mol. The zero-order valence-corrected chi connectivity index (χ0v) is 18.9. The summed E-state index contributed by atoms with van der Waals surface area (Å²) in [4.78, 5) is 29.8. The van der Waals surface area contributed by atoms with Crippen molar-refractivity contribution in [2.24, 2.45) is 0 Å². The minimum absolute atomic E-state index is 0.00664. The average Bonchev–Trinajstić information content (AvgIpc) is 3.20. The summed E-state index contributed by atoms with van der Waals surface area (Å²) in [6, 6.07) is 10.9. The molecule has 174 valence electrons. The minimum Gasteiger partial charge on any atom is -0.491 e. The lowest BCUT2D eigenvalue weighted by Crippen LogP contribution is -2.23. The van der Waals surface area contributed by atoms with Gasteiger partial charge in [0, 0.05) is 12.3 Å². The van der Waals surface area contributed by atoms with Gasteiger partial charge in [-0.2, -0.15) is 13.2 Å². The molecule has 1 aromatic heterocycles. The maximum Gasteiger partial charge on any atom is 0.416 e. The summed E-state index contributed by atoms with van der Waals surface area (Å²) in [6.07, 6.45) is -4.54. The Morgan fingerprint density at radius 1 is 1.12 bits per heavy atom. The number of alkyl halides is 3. The van der Waals surface area contributed by atoms with Crippen molar-refractivity contribution in [2.75, 3.05) is 4.90 Å². The Labute approximate surface area is 192 Å². The molecule has 3 aromatic rings. The summed E-state index contributed by atoms with van der Waals surface area (Å²) in [5, 5.41) is 1.74. The van der Waals surface area contributed by atoms with Gasteiger partial charge in [-0.05, 0) is 56.3 Å². The molecule has 3 rings (SSSR count). The number of ether oxygens (including phenoxy) is 2. The average molecular weight is 478 g/mol. The van der Waals surface area contributed by atoms with Crippen LogP contribution in [0.2, 0.25) is 0 Å². The highest BCUT2D eigenvalue weighted by Crippen LogP contribution is 2.35. The van der Waals surface area contributed by atoms with E-state index in [1.165, 1.54) is 19.1 Å². The van der Waals surface area contributed by atoms with Crippen molar-refractivity contribution in [1.82, 2.24) is 4.98 Å². The van der Waals surface area contributed by atoms with E-state index in [0.29, 0.717) is 17.0 Å². The van der Waals surface area contributed by atoms with Crippen LogP contribution < -0.4 is 9.64 Å². The first-order valence-corrected chi connectivity index (χ1v) is 10.8. The topological polar surface area (TPSA) is 68.7 Å². The second kappa shape index (κ2) is 10.0. The van der Waals surface area contributed by atoms with Gasteiger partial charge in [0.05, 0.1) is 28.6 Å². The molecule has 10 heteroatoms. The Morgan fingerprint density at radius 2 is 1.82 bits per heavy atom. The number of carbonyl (C=O) groups excluding carboxylic acids is 2. The number of nitrogens with zero attached hydrogens (tertiary/aromatic N) is 2. The fourth-order valence-corrected chi connectivity index (χ4v) is 3.75. The zero-order valence-electron chi connectivity index (χ0n) is 18.1. The largest absolute Gasteiger partial charge is 0.491 e. The van der Waals surface area contributed by atoms with E-state index in [4.69, 9.17) is 9.47 Å². The highest BCUT2D eigenvalue weighted by molar-refractivity contribution is 7.14. The number of benzene rings is 2. The van der Waals surface area contributed by atoms with Crippen molar-refractivity contribution >= 4 is 34.0 Å². The van der Waals surface area contributed by atoms with Crippen LogP contribution in [0.5, 0.6) is 5.75 Å². The van der Waals surface area contributed by atoms with E-state index >= 15 is 0 Å². The first-order valence-electron chi connectivity index (χ1n) is 9.91. The van der Waals surface area contributed by atoms with Gasteiger partial charge in [-0.1, -0.05) is 6.07 Å². The number of thiazole rings is 1. The maximum absolute atomic E-state index is 13.1. The van der Waals surface area contributed by atoms with Gasteiger partial charge in [-0.3, -0.25) is 9.69 Å². The highest BCUT2D eigenvalue weighted by Gasteiger charge is 2.31. The molecule has 0 atom stereocenters. The number of carbonyl (C=O) groups is 2. The molecule has 0 N–H and O–H groups in total.